The molecule has 84 heavy (non-hydrogen) atoms. The fourth-order valence-electron chi connectivity index (χ4n) is 9.92. The van der Waals surface area contributed by atoms with Crippen LogP contribution in [0, 0.1) is 0 Å². The standard InChI is InChI=1S/C67H41F12N5/c1-2-40(50-30-27-48(64(68,69)70)35-54(50)66(74,75)76)23-24-47-39-84(61-34-45(25-29-52(47)61)51-31-28-49(65(71,72)73)36-55(51)67(77,78)79)60-32-26-46(59-38-56(41-15-7-3-8-16-41)80-62(81-59)44-21-13-6-14-22-44)33-53(60)63-82-57(42-17-9-4-10-18-42)37-58(83-63)43-19-11-5-12-20-43/h2-39H,1H3/b24-23-,40-2+. The van der Waals surface area contributed by atoms with Crippen LogP contribution in [0.3, 0.4) is 0 Å². The van der Waals surface area contributed by atoms with Crippen LogP contribution in [0.25, 0.3) is 107 Å². The number of benzene rings is 8. The highest BCUT2D eigenvalue weighted by molar-refractivity contribution is 5.97. The van der Waals surface area contributed by atoms with Gasteiger partial charge in [0.15, 0.2) is 11.6 Å². The highest BCUT2D eigenvalue weighted by Crippen LogP contribution is 2.45. The van der Waals surface area contributed by atoms with E-state index in [1.807, 2.05) is 133 Å². The summed E-state index contributed by atoms with van der Waals surface area (Å²) in [5.74, 6) is 0.551. The number of nitrogens with zero attached hydrogens (tertiary/aromatic N) is 5. The Morgan fingerprint density at radius 2 is 0.857 bits per heavy atom. The van der Waals surface area contributed by atoms with Crippen LogP contribution in [0.5, 0.6) is 0 Å². The Labute approximate surface area is 472 Å². The van der Waals surface area contributed by atoms with Gasteiger partial charge in [0.1, 0.15) is 0 Å². The van der Waals surface area contributed by atoms with Crippen LogP contribution in [0.4, 0.5) is 52.7 Å². The molecule has 0 fully saturated rings. The summed E-state index contributed by atoms with van der Waals surface area (Å²) in [6.45, 7) is 1.40. The maximum absolute atomic E-state index is 14.9. The third-order valence-electron chi connectivity index (χ3n) is 14.0. The van der Waals surface area contributed by atoms with Crippen LogP contribution in [0.2, 0.25) is 0 Å². The van der Waals surface area contributed by atoms with E-state index in [4.69, 9.17) is 19.9 Å². The molecule has 0 radical (unpaired) electrons. The number of halogens is 12. The van der Waals surface area contributed by atoms with Crippen LogP contribution < -0.4 is 0 Å². The summed E-state index contributed by atoms with van der Waals surface area (Å²) < 4.78 is 174. The molecule has 0 bridgehead atoms. The lowest BCUT2D eigenvalue weighted by Gasteiger charge is -2.18. The predicted molar refractivity (Wildman–Crippen MR) is 302 cm³/mol. The van der Waals surface area contributed by atoms with Crippen molar-refractivity contribution < 1.29 is 52.7 Å². The van der Waals surface area contributed by atoms with Crippen LogP contribution in [-0.4, -0.2) is 24.5 Å². The van der Waals surface area contributed by atoms with E-state index in [0.29, 0.717) is 79.6 Å². The zero-order valence-electron chi connectivity index (χ0n) is 43.7. The van der Waals surface area contributed by atoms with Crippen LogP contribution in [-0.2, 0) is 24.7 Å². The summed E-state index contributed by atoms with van der Waals surface area (Å²) >= 11 is 0. The number of alkyl halides is 12. The van der Waals surface area contributed by atoms with Gasteiger partial charge in [-0.1, -0.05) is 170 Å². The largest absolute Gasteiger partial charge is 0.417 e. The molecular formula is C67H41F12N5. The summed E-state index contributed by atoms with van der Waals surface area (Å²) in [7, 11) is 0. The fraction of sp³-hybridized carbons (Fsp3) is 0.0746. The molecule has 0 saturated carbocycles. The molecule has 0 aliphatic heterocycles. The fourth-order valence-corrected chi connectivity index (χ4v) is 9.92. The van der Waals surface area contributed by atoms with Crippen molar-refractivity contribution in [1.82, 2.24) is 24.5 Å². The highest BCUT2D eigenvalue weighted by Gasteiger charge is 2.40. The van der Waals surface area contributed by atoms with E-state index in [9.17, 15) is 52.7 Å². The van der Waals surface area contributed by atoms with E-state index in [1.165, 1.54) is 43.4 Å². The molecule has 3 aromatic heterocycles. The van der Waals surface area contributed by atoms with E-state index < -0.39 is 58.1 Å². The van der Waals surface area contributed by atoms with E-state index in [1.54, 1.807) is 29.0 Å². The van der Waals surface area contributed by atoms with E-state index in [0.717, 1.165) is 17.7 Å². The van der Waals surface area contributed by atoms with Gasteiger partial charge in [-0.25, -0.2) is 19.9 Å². The molecule has 0 N–H and O–H groups in total. The van der Waals surface area contributed by atoms with Gasteiger partial charge in [-0.05, 0) is 83.8 Å². The zero-order valence-corrected chi connectivity index (χ0v) is 43.7. The third kappa shape index (κ3) is 11.6. The molecule has 11 aromatic rings. The molecule has 0 atom stereocenters. The first-order chi connectivity index (χ1) is 40.1. The topological polar surface area (TPSA) is 56.5 Å². The number of allylic oxidation sites excluding steroid dienone is 3. The summed E-state index contributed by atoms with van der Waals surface area (Å²) in [4.78, 5) is 20.3. The van der Waals surface area contributed by atoms with Crippen LogP contribution in [0.1, 0.15) is 40.3 Å². The van der Waals surface area contributed by atoms with E-state index in [2.05, 4.69) is 0 Å². The number of fused-ring (bicyclic) bond motifs is 1. The lowest BCUT2D eigenvalue weighted by Crippen LogP contribution is -2.13. The van der Waals surface area contributed by atoms with E-state index in [-0.39, 0.29) is 40.2 Å². The molecule has 0 aliphatic rings. The molecule has 0 saturated heterocycles. The first-order valence-corrected chi connectivity index (χ1v) is 25.8. The quantitative estimate of drug-likeness (QED) is 0.0957. The minimum Gasteiger partial charge on any atom is -0.315 e. The second-order valence-corrected chi connectivity index (χ2v) is 19.4. The van der Waals surface area contributed by atoms with Crippen molar-refractivity contribution in [3.63, 3.8) is 0 Å². The Hall–Kier alpha value is -9.90. The Balaban J connectivity index is 1.19. The molecule has 17 heteroatoms. The molecule has 0 amide bonds. The summed E-state index contributed by atoms with van der Waals surface area (Å²) in [5, 5.41) is 0.296. The Bertz CT molecular complexity index is 4180. The van der Waals surface area contributed by atoms with E-state index >= 15 is 0 Å². The van der Waals surface area contributed by atoms with Crippen molar-refractivity contribution in [3.05, 3.63) is 258 Å². The molecule has 0 spiro atoms. The second-order valence-electron chi connectivity index (χ2n) is 19.4. The highest BCUT2D eigenvalue weighted by atomic mass is 19.4. The maximum atomic E-state index is 14.9. The van der Waals surface area contributed by atoms with Crippen molar-refractivity contribution in [3.8, 4) is 84.6 Å². The number of rotatable bonds is 11. The van der Waals surface area contributed by atoms with Crippen molar-refractivity contribution in [1.29, 1.82) is 0 Å². The smallest absolute Gasteiger partial charge is 0.315 e. The third-order valence-corrected chi connectivity index (χ3v) is 14.0. The normalized spacial score (nSPS) is 12.6. The minimum atomic E-state index is -5.26. The summed E-state index contributed by atoms with van der Waals surface area (Å²) in [5.41, 5.74) is -1.01. The Morgan fingerprint density at radius 1 is 0.393 bits per heavy atom. The van der Waals surface area contributed by atoms with Crippen molar-refractivity contribution in [2.24, 2.45) is 0 Å². The van der Waals surface area contributed by atoms with Gasteiger partial charge >= 0.3 is 24.7 Å². The number of hydrogen-bond acceptors (Lipinski definition) is 4. The zero-order chi connectivity index (χ0) is 59.1. The molecule has 0 aliphatic carbocycles. The molecular weight excluding hydrogens is 1100 g/mol. The SMILES string of the molecule is C/C=C(\C=C/c1cn(-c2ccc(-c3cc(-c4ccccc4)nc(-c4ccccc4)n3)cc2-c2nc(-c3ccccc3)cc(-c3ccccc3)n2)c2cc(-c3ccc(C(F)(F)F)cc3C(F)(F)F)ccc12)c1ccc(C(F)(F)F)cc1C(F)(F)F. The van der Waals surface area contributed by atoms with Gasteiger partial charge in [0, 0.05) is 50.5 Å². The first kappa shape index (κ1) is 56.0. The van der Waals surface area contributed by atoms with Crippen molar-refractivity contribution in [2.45, 2.75) is 31.6 Å². The predicted octanol–water partition coefficient (Wildman–Crippen LogP) is 20.1. The Kier molecular flexibility index (Phi) is 14.7. The monoisotopic (exact) mass is 1140 g/mol. The maximum Gasteiger partial charge on any atom is 0.417 e. The van der Waals surface area contributed by atoms with Crippen LogP contribution >= 0.6 is 0 Å². The van der Waals surface area contributed by atoms with Crippen molar-refractivity contribution in [2.75, 3.05) is 0 Å². The molecule has 0 unspecified atom stereocenters. The van der Waals surface area contributed by atoms with Gasteiger partial charge in [-0.3, -0.25) is 0 Å². The minimum absolute atomic E-state index is 0.0339. The van der Waals surface area contributed by atoms with Gasteiger partial charge < -0.3 is 4.57 Å². The van der Waals surface area contributed by atoms with Gasteiger partial charge in [0.05, 0.1) is 56.2 Å². The Morgan fingerprint density at radius 3 is 1.36 bits per heavy atom. The van der Waals surface area contributed by atoms with Crippen molar-refractivity contribution >= 4 is 22.6 Å². The van der Waals surface area contributed by atoms with Gasteiger partial charge in [0.2, 0.25) is 0 Å². The lowest BCUT2D eigenvalue weighted by molar-refractivity contribution is -0.144. The van der Waals surface area contributed by atoms with Crippen LogP contribution in [0.15, 0.2) is 225 Å². The number of hydrogen-bond donors (Lipinski definition) is 0. The first-order valence-electron chi connectivity index (χ1n) is 25.8. The average molecular weight is 1140 g/mol. The summed E-state index contributed by atoms with van der Waals surface area (Å²) in [6, 6.07) is 52.9. The van der Waals surface area contributed by atoms with Gasteiger partial charge in [-0.15, -0.1) is 0 Å². The van der Waals surface area contributed by atoms with Gasteiger partial charge in [-0.2, -0.15) is 52.7 Å². The molecule has 418 valence electrons. The molecule has 3 heterocycles. The molecule has 11 rings (SSSR count). The number of aromatic nitrogens is 5. The molecule has 5 nitrogen and oxygen atoms in total. The summed E-state index contributed by atoms with van der Waals surface area (Å²) in [6.07, 6.45) is -15.2. The van der Waals surface area contributed by atoms with Gasteiger partial charge in [0.25, 0.3) is 0 Å². The average Bonchev–Trinajstić information content (AvgIpc) is 1.74. The lowest BCUT2D eigenvalue weighted by atomic mass is 9.95. The second kappa shape index (κ2) is 22.1. The molecule has 8 aromatic carbocycles.